The smallest absolute Gasteiger partial charge is 0.128 e. The summed E-state index contributed by atoms with van der Waals surface area (Å²) in [4.78, 5) is 7.37. The van der Waals surface area contributed by atoms with E-state index in [-0.39, 0.29) is 5.54 Å². The largest absolute Gasteiger partial charge is 0.356 e. The Hall–Kier alpha value is -1.09. The number of aromatic nitrogens is 1. The highest BCUT2D eigenvalue weighted by atomic mass is 15.2. The quantitative estimate of drug-likeness (QED) is 0.922. The van der Waals surface area contributed by atoms with Gasteiger partial charge in [-0.1, -0.05) is 12.5 Å². The highest BCUT2D eigenvalue weighted by molar-refractivity contribution is 5.43. The predicted octanol–water partition coefficient (Wildman–Crippen LogP) is 3.51. The van der Waals surface area contributed by atoms with Gasteiger partial charge in [-0.15, -0.1) is 0 Å². The molecule has 2 fully saturated rings. The van der Waals surface area contributed by atoms with Crippen LogP contribution in [0, 0.1) is 18.8 Å². The second-order valence-electron chi connectivity index (χ2n) is 7.87. The minimum absolute atomic E-state index is 0.150. The van der Waals surface area contributed by atoms with E-state index in [1.807, 2.05) is 0 Å². The van der Waals surface area contributed by atoms with Crippen LogP contribution in [0.5, 0.6) is 0 Å². The van der Waals surface area contributed by atoms with Crippen molar-refractivity contribution in [2.75, 3.05) is 18.0 Å². The summed E-state index contributed by atoms with van der Waals surface area (Å²) in [7, 11) is 0. The fraction of sp³-hybridized carbons (Fsp3) is 0.722. The van der Waals surface area contributed by atoms with E-state index in [4.69, 9.17) is 4.98 Å². The number of nitrogens with one attached hydrogen (secondary N) is 1. The molecule has 0 spiro atoms. The van der Waals surface area contributed by atoms with Gasteiger partial charge in [-0.05, 0) is 64.0 Å². The van der Waals surface area contributed by atoms with E-state index in [1.54, 1.807) is 0 Å². The van der Waals surface area contributed by atoms with Crippen molar-refractivity contribution in [3.63, 3.8) is 0 Å². The highest BCUT2D eigenvalue weighted by Gasteiger charge is 2.36. The molecule has 1 aliphatic heterocycles. The van der Waals surface area contributed by atoms with E-state index in [1.165, 1.54) is 49.4 Å². The van der Waals surface area contributed by atoms with E-state index in [0.717, 1.165) is 18.4 Å². The average molecular weight is 287 g/mol. The third-order valence-electron chi connectivity index (χ3n) is 5.04. The molecule has 3 nitrogen and oxygen atoms in total. The summed E-state index contributed by atoms with van der Waals surface area (Å²) in [5, 5.41) is 3.55. The van der Waals surface area contributed by atoms with Crippen molar-refractivity contribution in [2.45, 2.75) is 59.0 Å². The van der Waals surface area contributed by atoms with Crippen LogP contribution in [0.3, 0.4) is 0 Å². The number of hydrogen-bond donors (Lipinski definition) is 1. The molecule has 0 amide bonds. The summed E-state index contributed by atoms with van der Waals surface area (Å²) >= 11 is 0. The molecule has 1 N–H and O–H groups in total. The van der Waals surface area contributed by atoms with Crippen LogP contribution in [-0.4, -0.2) is 23.6 Å². The lowest BCUT2D eigenvalue weighted by Crippen LogP contribution is -2.35. The van der Waals surface area contributed by atoms with Crippen LogP contribution in [0.2, 0.25) is 0 Å². The molecule has 2 atom stereocenters. The van der Waals surface area contributed by atoms with Crippen molar-refractivity contribution in [2.24, 2.45) is 11.8 Å². The molecular formula is C18H29N3. The van der Waals surface area contributed by atoms with Crippen LogP contribution in [0.15, 0.2) is 12.1 Å². The molecule has 2 unspecified atom stereocenters. The molecule has 1 aromatic heterocycles. The molecule has 3 rings (SSSR count). The summed E-state index contributed by atoms with van der Waals surface area (Å²) in [6.07, 6.45) is 4.29. The third-order valence-corrected chi connectivity index (χ3v) is 5.04. The van der Waals surface area contributed by atoms with Crippen LogP contribution >= 0.6 is 0 Å². The number of fused-ring (bicyclic) bond motifs is 1. The third kappa shape index (κ3) is 3.39. The van der Waals surface area contributed by atoms with Crippen molar-refractivity contribution in [3.05, 3.63) is 23.4 Å². The normalized spacial score (nSPS) is 25.4. The maximum atomic E-state index is 4.87. The Balaban J connectivity index is 1.67. The Morgan fingerprint density at radius 2 is 1.86 bits per heavy atom. The maximum Gasteiger partial charge on any atom is 0.128 e. The molecule has 1 saturated heterocycles. The first-order valence-corrected chi connectivity index (χ1v) is 8.39. The van der Waals surface area contributed by atoms with Gasteiger partial charge >= 0.3 is 0 Å². The van der Waals surface area contributed by atoms with Gasteiger partial charge in [0.15, 0.2) is 0 Å². The predicted molar refractivity (Wildman–Crippen MR) is 88.6 cm³/mol. The van der Waals surface area contributed by atoms with Gasteiger partial charge in [0.2, 0.25) is 0 Å². The van der Waals surface area contributed by atoms with Gasteiger partial charge in [-0.2, -0.15) is 0 Å². The van der Waals surface area contributed by atoms with Crippen molar-refractivity contribution in [3.8, 4) is 0 Å². The first-order valence-electron chi connectivity index (χ1n) is 8.39. The molecule has 0 radical (unpaired) electrons. The zero-order valence-electron chi connectivity index (χ0n) is 13.9. The molecule has 116 valence electrons. The van der Waals surface area contributed by atoms with Gasteiger partial charge in [0.1, 0.15) is 5.82 Å². The van der Waals surface area contributed by atoms with E-state index in [9.17, 15) is 0 Å². The van der Waals surface area contributed by atoms with E-state index < -0.39 is 0 Å². The second-order valence-corrected chi connectivity index (χ2v) is 7.87. The SMILES string of the molecule is Cc1nc(N2CC3CCCC3C2)ccc1CNC(C)(C)C. The summed E-state index contributed by atoms with van der Waals surface area (Å²) in [6, 6.07) is 4.47. The topological polar surface area (TPSA) is 28.2 Å². The van der Waals surface area contributed by atoms with Crippen LogP contribution in [0.4, 0.5) is 5.82 Å². The molecule has 2 aliphatic rings. The van der Waals surface area contributed by atoms with Gasteiger partial charge in [-0.3, -0.25) is 0 Å². The Morgan fingerprint density at radius 3 is 2.43 bits per heavy atom. The highest BCUT2D eigenvalue weighted by Crippen LogP contribution is 2.39. The zero-order valence-corrected chi connectivity index (χ0v) is 13.9. The van der Waals surface area contributed by atoms with E-state index in [0.29, 0.717) is 0 Å². The maximum absolute atomic E-state index is 4.87. The van der Waals surface area contributed by atoms with Crippen molar-refractivity contribution < 1.29 is 0 Å². The number of anilines is 1. The van der Waals surface area contributed by atoms with Crippen LogP contribution in [0.25, 0.3) is 0 Å². The van der Waals surface area contributed by atoms with Gasteiger partial charge in [0, 0.05) is 30.9 Å². The van der Waals surface area contributed by atoms with Crippen molar-refractivity contribution in [1.29, 1.82) is 0 Å². The Morgan fingerprint density at radius 1 is 1.19 bits per heavy atom. The molecule has 1 aromatic rings. The van der Waals surface area contributed by atoms with Gasteiger partial charge in [0.25, 0.3) is 0 Å². The number of rotatable bonds is 3. The van der Waals surface area contributed by atoms with Crippen LogP contribution in [0.1, 0.15) is 51.3 Å². The lowest BCUT2D eigenvalue weighted by Gasteiger charge is -2.22. The Bertz CT molecular complexity index is 492. The fourth-order valence-corrected chi connectivity index (χ4v) is 3.72. The number of pyridine rings is 1. The molecule has 1 aliphatic carbocycles. The minimum atomic E-state index is 0.150. The summed E-state index contributed by atoms with van der Waals surface area (Å²) in [6.45, 7) is 12.1. The Labute approximate surface area is 129 Å². The molecule has 21 heavy (non-hydrogen) atoms. The van der Waals surface area contributed by atoms with Gasteiger partial charge < -0.3 is 10.2 Å². The van der Waals surface area contributed by atoms with Crippen LogP contribution in [-0.2, 0) is 6.54 Å². The number of nitrogens with zero attached hydrogens (tertiary/aromatic N) is 2. The molecule has 2 heterocycles. The number of aryl methyl sites for hydroxylation is 1. The van der Waals surface area contributed by atoms with Crippen molar-refractivity contribution >= 4 is 5.82 Å². The van der Waals surface area contributed by atoms with Gasteiger partial charge in [0.05, 0.1) is 0 Å². The lowest BCUT2D eigenvalue weighted by molar-refractivity contribution is 0.423. The zero-order chi connectivity index (χ0) is 15.0. The monoisotopic (exact) mass is 287 g/mol. The number of hydrogen-bond acceptors (Lipinski definition) is 3. The molecular weight excluding hydrogens is 258 g/mol. The lowest BCUT2D eigenvalue weighted by atomic mass is 10.0. The Kier molecular flexibility index (Phi) is 3.96. The second kappa shape index (κ2) is 5.60. The first kappa shape index (κ1) is 14.8. The minimum Gasteiger partial charge on any atom is -0.356 e. The molecule has 1 saturated carbocycles. The van der Waals surface area contributed by atoms with E-state index in [2.05, 4.69) is 50.0 Å². The summed E-state index contributed by atoms with van der Waals surface area (Å²) in [5.41, 5.74) is 2.63. The van der Waals surface area contributed by atoms with Gasteiger partial charge in [-0.25, -0.2) is 4.98 Å². The molecule has 3 heteroatoms. The fourth-order valence-electron chi connectivity index (χ4n) is 3.72. The van der Waals surface area contributed by atoms with E-state index >= 15 is 0 Å². The standard InChI is InChI=1S/C18H29N3/c1-13-14(10-19-18(2,3)4)8-9-17(20-13)21-11-15-6-5-7-16(15)12-21/h8-9,15-16,19H,5-7,10-12H2,1-4H3. The summed E-state index contributed by atoms with van der Waals surface area (Å²) < 4.78 is 0. The molecule has 0 bridgehead atoms. The first-order chi connectivity index (χ1) is 9.92. The summed E-state index contributed by atoms with van der Waals surface area (Å²) in [5.74, 6) is 3.03. The van der Waals surface area contributed by atoms with Crippen molar-refractivity contribution in [1.82, 2.24) is 10.3 Å². The molecule has 0 aromatic carbocycles. The van der Waals surface area contributed by atoms with Crippen LogP contribution < -0.4 is 10.2 Å². The average Bonchev–Trinajstić information content (AvgIpc) is 2.96.